The summed E-state index contributed by atoms with van der Waals surface area (Å²) in [5.41, 5.74) is 3.43. The van der Waals surface area contributed by atoms with Gasteiger partial charge in [-0.1, -0.05) is 41.6 Å². The van der Waals surface area contributed by atoms with Gasteiger partial charge in [0, 0.05) is 38.3 Å². The highest BCUT2D eigenvalue weighted by molar-refractivity contribution is 5.94. The molecule has 1 saturated heterocycles. The van der Waals surface area contributed by atoms with E-state index in [9.17, 15) is 4.79 Å². The first-order valence-corrected chi connectivity index (χ1v) is 11.4. The molecule has 7 heteroatoms. The lowest BCUT2D eigenvalue weighted by Gasteiger charge is -2.35. The number of likely N-dealkylation sites (N-methyl/N-ethyl adjacent to an activating group) is 1. The quantitative estimate of drug-likeness (QED) is 0.568. The number of aromatic nitrogens is 1. The van der Waals surface area contributed by atoms with E-state index in [2.05, 4.69) is 39.5 Å². The molecule has 1 unspecified atom stereocenters. The molecular formula is C26H32N4O3. The van der Waals surface area contributed by atoms with Crippen LogP contribution in [-0.4, -0.2) is 60.6 Å². The molecule has 1 aliphatic rings. The summed E-state index contributed by atoms with van der Waals surface area (Å²) in [7, 11) is 2.15. The zero-order valence-corrected chi connectivity index (χ0v) is 19.6. The van der Waals surface area contributed by atoms with Gasteiger partial charge in [-0.05, 0) is 44.7 Å². The number of aryl methyl sites for hydroxylation is 2. The third-order valence-electron chi connectivity index (χ3n) is 6.20. The zero-order chi connectivity index (χ0) is 23.2. The summed E-state index contributed by atoms with van der Waals surface area (Å²) in [5.74, 6) is 1.27. The lowest BCUT2D eigenvalue weighted by Crippen LogP contribution is -2.47. The fourth-order valence-corrected chi connectivity index (χ4v) is 4.04. The average Bonchev–Trinajstić information content (AvgIpc) is 3.16. The highest BCUT2D eigenvalue weighted by Gasteiger charge is 2.22. The van der Waals surface area contributed by atoms with Crippen molar-refractivity contribution in [3.63, 3.8) is 0 Å². The van der Waals surface area contributed by atoms with Crippen LogP contribution in [0.2, 0.25) is 0 Å². The van der Waals surface area contributed by atoms with Crippen molar-refractivity contribution in [2.24, 2.45) is 0 Å². The smallest absolute Gasteiger partial charge is 0.251 e. The molecule has 1 N–H and O–H groups in total. The van der Waals surface area contributed by atoms with Crippen LogP contribution in [0, 0.1) is 13.8 Å². The number of amides is 1. The maximum atomic E-state index is 13.2. The monoisotopic (exact) mass is 448 g/mol. The Labute approximate surface area is 195 Å². The first kappa shape index (κ1) is 23.0. The van der Waals surface area contributed by atoms with Crippen molar-refractivity contribution in [3.05, 3.63) is 82.7 Å². The fourth-order valence-electron chi connectivity index (χ4n) is 4.04. The number of ether oxygens (including phenoxy) is 1. The van der Waals surface area contributed by atoms with E-state index in [0.717, 1.165) is 55.3 Å². The van der Waals surface area contributed by atoms with Crippen LogP contribution in [0.1, 0.15) is 39.0 Å². The topological polar surface area (TPSA) is 70.8 Å². The molecule has 0 spiro atoms. The Morgan fingerprint density at radius 2 is 1.85 bits per heavy atom. The SMILES string of the molecule is Cc1noc(C)c1COc1cccc(C(=O)NC(CN2CCN(C)CC2)c2ccccc2)c1. The highest BCUT2D eigenvalue weighted by Crippen LogP contribution is 2.20. The van der Waals surface area contributed by atoms with Crippen LogP contribution in [-0.2, 0) is 6.61 Å². The lowest BCUT2D eigenvalue weighted by molar-refractivity contribution is 0.0906. The van der Waals surface area contributed by atoms with Gasteiger partial charge in [0.1, 0.15) is 18.1 Å². The molecule has 0 saturated carbocycles. The van der Waals surface area contributed by atoms with Gasteiger partial charge in [-0.15, -0.1) is 0 Å². The van der Waals surface area contributed by atoms with Gasteiger partial charge in [0.25, 0.3) is 5.91 Å². The van der Waals surface area contributed by atoms with Crippen LogP contribution >= 0.6 is 0 Å². The number of carbonyl (C=O) groups excluding carboxylic acids is 1. The van der Waals surface area contributed by atoms with Crippen LogP contribution in [0.5, 0.6) is 5.75 Å². The van der Waals surface area contributed by atoms with Crippen molar-refractivity contribution >= 4 is 5.91 Å². The third kappa shape index (κ3) is 6.00. The van der Waals surface area contributed by atoms with E-state index in [1.165, 1.54) is 0 Å². The molecule has 0 aliphatic carbocycles. The van der Waals surface area contributed by atoms with Gasteiger partial charge < -0.3 is 19.5 Å². The van der Waals surface area contributed by atoms with Crippen LogP contribution in [0.4, 0.5) is 0 Å². The van der Waals surface area contributed by atoms with Gasteiger partial charge in [-0.25, -0.2) is 0 Å². The van der Waals surface area contributed by atoms with Crippen LogP contribution in [0.15, 0.2) is 59.1 Å². The first-order valence-electron chi connectivity index (χ1n) is 11.4. The maximum absolute atomic E-state index is 13.2. The molecular weight excluding hydrogens is 416 g/mol. The zero-order valence-electron chi connectivity index (χ0n) is 19.6. The number of carbonyl (C=O) groups is 1. The number of piperazine rings is 1. The lowest BCUT2D eigenvalue weighted by atomic mass is 10.0. The van der Waals surface area contributed by atoms with Gasteiger partial charge in [0.15, 0.2) is 0 Å². The normalized spacial score (nSPS) is 15.8. The fraction of sp³-hybridized carbons (Fsp3) is 0.385. The van der Waals surface area contributed by atoms with E-state index in [-0.39, 0.29) is 11.9 Å². The Morgan fingerprint density at radius 1 is 1.09 bits per heavy atom. The van der Waals surface area contributed by atoms with E-state index in [0.29, 0.717) is 17.9 Å². The summed E-state index contributed by atoms with van der Waals surface area (Å²) < 4.78 is 11.1. The predicted molar refractivity (Wildman–Crippen MR) is 127 cm³/mol. The predicted octanol–water partition coefficient (Wildman–Crippen LogP) is 3.59. The number of rotatable bonds is 8. The molecule has 33 heavy (non-hydrogen) atoms. The van der Waals surface area contributed by atoms with Crippen molar-refractivity contribution in [2.75, 3.05) is 39.8 Å². The summed E-state index contributed by atoms with van der Waals surface area (Å²) in [6.07, 6.45) is 0. The third-order valence-corrected chi connectivity index (χ3v) is 6.20. The average molecular weight is 449 g/mol. The Hall–Kier alpha value is -3.16. The molecule has 174 valence electrons. The second-order valence-corrected chi connectivity index (χ2v) is 8.66. The Balaban J connectivity index is 1.44. The molecule has 2 aromatic carbocycles. The van der Waals surface area contributed by atoms with Gasteiger partial charge in [-0.3, -0.25) is 9.69 Å². The van der Waals surface area contributed by atoms with E-state index < -0.39 is 0 Å². The van der Waals surface area contributed by atoms with Crippen LogP contribution in [0.25, 0.3) is 0 Å². The molecule has 1 atom stereocenters. The minimum absolute atomic E-state index is 0.0889. The van der Waals surface area contributed by atoms with E-state index >= 15 is 0 Å². The van der Waals surface area contributed by atoms with Crippen molar-refractivity contribution in [3.8, 4) is 5.75 Å². The van der Waals surface area contributed by atoms with Crippen molar-refractivity contribution in [2.45, 2.75) is 26.5 Å². The van der Waals surface area contributed by atoms with Crippen molar-refractivity contribution in [1.29, 1.82) is 0 Å². The van der Waals surface area contributed by atoms with Crippen molar-refractivity contribution in [1.82, 2.24) is 20.3 Å². The Kier molecular flexibility index (Phi) is 7.42. The Morgan fingerprint density at radius 3 is 2.55 bits per heavy atom. The number of hydrogen-bond acceptors (Lipinski definition) is 6. The van der Waals surface area contributed by atoms with Gasteiger partial charge >= 0.3 is 0 Å². The molecule has 2 heterocycles. The van der Waals surface area contributed by atoms with E-state index in [4.69, 9.17) is 9.26 Å². The molecule has 1 aliphatic heterocycles. The number of nitrogens with one attached hydrogen (secondary N) is 1. The van der Waals surface area contributed by atoms with Gasteiger partial charge in [-0.2, -0.15) is 0 Å². The molecule has 1 amide bonds. The molecule has 0 radical (unpaired) electrons. The van der Waals surface area contributed by atoms with E-state index in [1.807, 2.05) is 50.2 Å². The van der Waals surface area contributed by atoms with Crippen LogP contribution in [0.3, 0.4) is 0 Å². The maximum Gasteiger partial charge on any atom is 0.251 e. The molecule has 0 bridgehead atoms. The summed E-state index contributed by atoms with van der Waals surface area (Å²) in [6.45, 7) is 8.98. The Bertz CT molecular complexity index is 1040. The summed E-state index contributed by atoms with van der Waals surface area (Å²) in [6, 6.07) is 17.4. The summed E-state index contributed by atoms with van der Waals surface area (Å²) >= 11 is 0. The standard InChI is InChI=1S/C26H32N4O3/c1-19-24(20(2)33-28-19)18-32-23-11-7-10-22(16-23)26(31)27-25(21-8-5-4-6-9-21)17-30-14-12-29(3)13-15-30/h4-11,16,25H,12-15,17-18H2,1-3H3,(H,27,31). The second kappa shape index (κ2) is 10.6. The number of hydrogen-bond donors (Lipinski definition) is 1. The van der Waals surface area contributed by atoms with E-state index in [1.54, 1.807) is 6.07 Å². The minimum Gasteiger partial charge on any atom is -0.489 e. The van der Waals surface area contributed by atoms with Crippen LogP contribution < -0.4 is 10.1 Å². The largest absolute Gasteiger partial charge is 0.489 e. The minimum atomic E-state index is -0.110. The molecule has 7 nitrogen and oxygen atoms in total. The second-order valence-electron chi connectivity index (χ2n) is 8.66. The molecule has 1 aromatic heterocycles. The number of benzene rings is 2. The van der Waals surface area contributed by atoms with Crippen molar-refractivity contribution < 1.29 is 14.1 Å². The first-order chi connectivity index (χ1) is 16.0. The van der Waals surface area contributed by atoms with Gasteiger partial charge in [0.05, 0.1) is 17.3 Å². The highest BCUT2D eigenvalue weighted by atomic mass is 16.5. The molecule has 1 fully saturated rings. The summed E-state index contributed by atoms with van der Waals surface area (Å²) in [4.78, 5) is 17.9. The number of nitrogens with zero attached hydrogens (tertiary/aromatic N) is 3. The molecule has 4 rings (SSSR count). The molecule has 3 aromatic rings. The summed E-state index contributed by atoms with van der Waals surface area (Å²) in [5, 5.41) is 7.21. The van der Waals surface area contributed by atoms with Gasteiger partial charge in [0.2, 0.25) is 0 Å².